The molecule has 0 aliphatic rings. The van der Waals surface area contributed by atoms with Crippen molar-refractivity contribution in [2.24, 2.45) is 0 Å². The standard InChI is InChI=1S/C8H8OS/c9-8(6-10)7-4-2-1-3-5-7/h1-6,9-10H/b8-6+. The zero-order valence-electron chi connectivity index (χ0n) is 5.36. The molecule has 0 amide bonds. The summed E-state index contributed by atoms with van der Waals surface area (Å²) in [6, 6.07) is 9.27. The van der Waals surface area contributed by atoms with Crippen LogP contribution in [0.1, 0.15) is 5.56 Å². The summed E-state index contributed by atoms with van der Waals surface area (Å²) in [5, 5.41) is 10.5. The fourth-order valence-electron chi connectivity index (χ4n) is 0.683. The van der Waals surface area contributed by atoms with Crippen LogP contribution in [0.25, 0.3) is 5.76 Å². The highest BCUT2D eigenvalue weighted by atomic mass is 32.1. The van der Waals surface area contributed by atoms with E-state index in [4.69, 9.17) is 5.11 Å². The van der Waals surface area contributed by atoms with Crippen molar-refractivity contribution in [3.63, 3.8) is 0 Å². The van der Waals surface area contributed by atoms with E-state index in [-0.39, 0.29) is 5.76 Å². The minimum Gasteiger partial charge on any atom is -0.507 e. The number of aliphatic hydroxyl groups is 1. The zero-order valence-corrected chi connectivity index (χ0v) is 6.25. The van der Waals surface area contributed by atoms with Crippen LogP contribution in [0, 0.1) is 0 Å². The van der Waals surface area contributed by atoms with Gasteiger partial charge in [-0.15, -0.1) is 12.6 Å². The van der Waals surface area contributed by atoms with Gasteiger partial charge in [0, 0.05) is 11.0 Å². The Labute approximate surface area is 65.4 Å². The van der Waals surface area contributed by atoms with E-state index in [1.54, 1.807) is 0 Å². The van der Waals surface area contributed by atoms with E-state index in [0.29, 0.717) is 0 Å². The van der Waals surface area contributed by atoms with Gasteiger partial charge < -0.3 is 5.11 Å². The van der Waals surface area contributed by atoms with Crippen LogP contribution in [-0.4, -0.2) is 5.11 Å². The SMILES string of the molecule is O/C(=C/S)c1ccccc1. The van der Waals surface area contributed by atoms with Crippen LogP contribution in [0.4, 0.5) is 0 Å². The monoisotopic (exact) mass is 152 g/mol. The summed E-state index contributed by atoms with van der Waals surface area (Å²) in [7, 11) is 0. The summed E-state index contributed by atoms with van der Waals surface area (Å²) >= 11 is 3.81. The molecule has 0 unspecified atom stereocenters. The highest BCUT2D eigenvalue weighted by Gasteiger charge is 1.92. The molecule has 0 aromatic heterocycles. The predicted molar refractivity (Wildman–Crippen MR) is 46.0 cm³/mol. The van der Waals surface area contributed by atoms with Crippen molar-refractivity contribution >= 4 is 18.4 Å². The van der Waals surface area contributed by atoms with E-state index in [1.807, 2.05) is 30.3 Å². The quantitative estimate of drug-likeness (QED) is 0.468. The average molecular weight is 152 g/mol. The fraction of sp³-hybridized carbons (Fsp3) is 0. The van der Waals surface area contributed by atoms with Crippen molar-refractivity contribution in [2.45, 2.75) is 0 Å². The van der Waals surface area contributed by atoms with Gasteiger partial charge in [0.1, 0.15) is 5.76 Å². The Morgan fingerprint density at radius 3 is 2.40 bits per heavy atom. The maximum atomic E-state index is 9.11. The van der Waals surface area contributed by atoms with Gasteiger partial charge in [-0.25, -0.2) is 0 Å². The van der Waals surface area contributed by atoms with Crippen molar-refractivity contribution in [1.29, 1.82) is 0 Å². The molecule has 0 saturated heterocycles. The van der Waals surface area contributed by atoms with Gasteiger partial charge in [-0.3, -0.25) is 0 Å². The molecule has 0 aliphatic carbocycles. The minimum atomic E-state index is 0.198. The summed E-state index contributed by atoms with van der Waals surface area (Å²) in [5.41, 5.74) is 0.789. The second kappa shape index (κ2) is 3.32. The van der Waals surface area contributed by atoms with E-state index in [9.17, 15) is 0 Å². The molecular weight excluding hydrogens is 144 g/mol. The molecule has 2 heteroatoms. The van der Waals surface area contributed by atoms with E-state index >= 15 is 0 Å². The van der Waals surface area contributed by atoms with Gasteiger partial charge in [0.05, 0.1) is 0 Å². The molecule has 1 rings (SSSR count). The van der Waals surface area contributed by atoms with Gasteiger partial charge in [-0.05, 0) is 0 Å². The molecular formula is C8H8OS. The van der Waals surface area contributed by atoms with Crippen molar-refractivity contribution in [3.8, 4) is 0 Å². The number of hydrogen-bond acceptors (Lipinski definition) is 2. The molecule has 0 fully saturated rings. The summed E-state index contributed by atoms with van der Waals surface area (Å²) in [5.74, 6) is 0.198. The van der Waals surface area contributed by atoms with Gasteiger partial charge in [0.15, 0.2) is 0 Å². The molecule has 1 aromatic rings. The largest absolute Gasteiger partial charge is 0.507 e. The number of benzene rings is 1. The van der Waals surface area contributed by atoms with Crippen LogP contribution < -0.4 is 0 Å². The second-order valence-electron chi connectivity index (χ2n) is 1.88. The summed E-state index contributed by atoms with van der Waals surface area (Å²) in [6.07, 6.45) is 0. The number of aliphatic hydroxyl groups excluding tert-OH is 1. The molecule has 0 atom stereocenters. The first-order chi connectivity index (χ1) is 4.84. The van der Waals surface area contributed by atoms with Gasteiger partial charge in [-0.1, -0.05) is 30.3 Å². The van der Waals surface area contributed by atoms with E-state index in [1.165, 1.54) is 5.41 Å². The Bertz CT molecular complexity index is 228. The molecule has 1 nitrogen and oxygen atoms in total. The third-order valence-electron chi connectivity index (χ3n) is 1.19. The summed E-state index contributed by atoms with van der Waals surface area (Å²) in [4.78, 5) is 0. The van der Waals surface area contributed by atoms with E-state index < -0.39 is 0 Å². The molecule has 0 heterocycles. The molecule has 10 heavy (non-hydrogen) atoms. The number of rotatable bonds is 1. The first-order valence-corrected chi connectivity index (χ1v) is 3.45. The topological polar surface area (TPSA) is 20.2 Å². The Morgan fingerprint density at radius 1 is 1.30 bits per heavy atom. The average Bonchev–Trinajstić information content (AvgIpc) is 2.05. The van der Waals surface area contributed by atoms with Crippen LogP contribution in [0.5, 0.6) is 0 Å². The van der Waals surface area contributed by atoms with Gasteiger partial charge in [0.25, 0.3) is 0 Å². The van der Waals surface area contributed by atoms with E-state index in [0.717, 1.165) is 5.56 Å². The van der Waals surface area contributed by atoms with Crippen LogP contribution in [-0.2, 0) is 0 Å². The molecule has 0 saturated carbocycles. The molecule has 0 spiro atoms. The van der Waals surface area contributed by atoms with Crippen molar-refractivity contribution in [2.75, 3.05) is 0 Å². The predicted octanol–water partition coefficient (Wildman–Crippen LogP) is 2.47. The fourth-order valence-corrected chi connectivity index (χ4v) is 0.833. The van der Waals surface area contributed by atoms with Crippen LogP contribution in [0.3, 0.4) is 0 Å². The molecule has 0 aliphatic heterocycles. The van der Waals surface area contributed by atoms with Crippen LogP contribution in [0.2, 0.25) is 0 Å². The van der Waals surface area contributed by atoms with Gasteiger partial charge in [0.2, 0.25) is 0 Å². The maximum absolute atomic E-state index is 9.11. The zero-order chi connectivity index (χ0) is 7.40. The smallest absolute Gasteiger partial charge is 0.128 e. The second-order valence-corrected chi connectivity index (χ2v) is 2.14. The third kappa shape index (κ3) is 1.54. The molecule has 1 N–H and O–H groups in total. The van der Waals surface area contributed by atoms with Crippen LogP contribution in [0.15, 0.2) is 35.7 Å². The summed E-state index contributed by atoms with van der Waals surface area (Å²) in [6.45, 7) is 0. The lowest BCUT2D eigenvalue weighted by Gasteiger charge is -1.95. The normalized spacial score (nSPS) is 11.5. The third-order valence-corrected chi connectivity index (χ3v) is 1.44. The molecule has 0 radical (unpaired) electrons. The lowest BCUT2D eigenvalue weighted by molar-refractivity contribution is 0.513. The highest BCUT2D eigenvalue weighted by Crippen LogP contribution is 2.10. The van der Waals surface area contributed by atoms with Crippen molar-refractivity contribution < 1.29 is 5.11 Å². The Hall–Kier alpha value is -0.890. The Morgan fingerprint density at radius 2 is 1.90 bits per heavy atom. The van der Waals surface area contributed by atoms with Crippen molar-refractivity contribution in [1.82, 2.24) is 0 Å². The molecule has 52 valence electrons. The summed E-state index contributed by atoms with van der Waals surface area (Å²) < 4.78 is 0. The van der Waals surface area contributed by atoms with Gasteiger partial charge >= 0.3 is 0 Å². The Balaban J connectivity index is 2.96. The first kappa shape index (κ1) is 7.22. The number of thiol groups is 1. The number of hydrogen-bond donors (Lipinski definition) is 2. The Kier molecular flexibility index (Phi) is 2.40. The van der Waals surface area contributed by atoms with E-state index in [2.05, 4.69) is 12.6 Å². The van der Waals surface area contributed by atoms with Crippen LogP contribution >= 0.6 is 12.6 Å². The maximum Gasteiger partial charge on any atom is 0.128 e. The lowest BCUT2D eigenvalue weighted by Crippen LogP contribution is -1.78. The van der Waals surface area contributed by atoms with Gasteiger partial charge in [-0.2, -0.15) is 0 Å². The molecule has 0 bridgehead atoms. The first-order valence-electron chi connectivity index (χ1n) is 2.93. The highest BCUT2D eigenvalue weighted by molar-refractivity contribution is 7.83. The minimum absolute atomic E-state index is 0.198. The lowest BCUT2D eigenvalue weighted by atomic mass is 10.2. The van der Waals surface area contributed by atoms with Crippen molar-refractivity contribution in [3.05, 3.63) is 41.3 Å². The molecule has 1 aromatic carbocycles.